The van der Waals surface area contributed by atoms with Gasteiger partial charge in [0.2, 0.25) is 0 Å². The third-order valence-corrected chi connectivity index (χ3v) is 3.77. The number of ether oxygens (including phenoxy) is 1. The first-order chi connectivity index (χ1) is 8.15. The van der Waals surface area contributed by atoms with Gasteiger partial charge in [-0.2, -0.15) is 0 Å². The van der Waals surface area contributed by atoms with Crippen molar-refractivity contribution in [1.29, 1.82) is 0 Å². The Bertz CT molecular complexity index is 322. The second-order valence-corrected chi connectivity index (χ2v) is 5.51. The maximum absolute atomic E-state index is 13.7. The van der Waals surface area contributed by atoms with Gasteiger partial charge in [0.15, 0.2) is 0 Å². The molecule has 0 aromatic rings. The highest BCUT2D eigenvalue weighted by Crippen LogP contribution is 2.30. The van der Waals surface area contributed by atoms with E-state index in [-0.39, 0.29) is 17.5 Å². The van der Waals surface area contributed by atoms with Crippen molar-refractivity contribution < 1.29 is 9.13 Å². The summed E-state index contributed by atoms with van der Waals surface area (Å²) in [5.74, 6) is -0.0510. The van der Waals surface area contributed by atoms with Crippen LogP contribution in [0.1, 0.15) is 19.3 Å². The van der Waals surface area contributed by atoms with Crippen LogP contribution in [0.15, 0.2) is 23.4 Å². The molecule has 0 bridgehead atoms. The lowest BCUT2D eigenvalue weighted by molar-refractivity contribution is 0.00874. The zero-order chi connectivity index (χ0) is 12.3. The van der Waals surface area contributed by atoms with E-state index >= 15 is 0 Å². The highest BCUT2D eigenvalue weighted by atomic mass is 35.5. The van der Waals surface area contributed by atoms with E-state index in [2.05, 4.69) is 5.32 Å². The second-order valence-electron chi connectivity index (χ2n) is 4.48. The molecule has 1 aliphatic heterocycles. The van der Waals surface area contributed by atoms with Gasteiger partial charge in [-0.15, -0.1) is 11.6 Å². The predicted molar refractivity (Wildman–Crippen MR) is 67.8 cm³/mol. The first-order valence-corrected chi connectivity index (χ1v) is 6.67. The molecule has 2 aliphatic rings. The van der Waals surface area contributed by atoms with Crippen molar-refractivity contribution in [3.63, 3.8) is 0 Å². The molecule has 4 unspecified atom stereocenters. The van der Waals surface area contributed by atoms with Crippen LogP contribution in [-0.2, 0) is 4.74 Å². The standard InChI is InChI=1S/C12H16Cl2FNO/c13-9-5-4-8(10(15)6-9)7-17-12-3-1-2-11(14)16-12/h1-3,8-10,12,16H,4-7H2. The van der Waals surface area contributed by atoms with Crippen molar-refractivity contribution >= 4 is 23.2 Å². The van der Waals surface area contributed by atoms with E-state index in [0.717, 1.165) is 12.8 Å². The van der Waals surface area contributed by atoms with E-state index < -0.39 is 6.17 Å². The summed E-state index contributed by atoms with van der Waals surface area (Å²) in [6.07, 6.45) is 6.40. The largest absolute Gasteiger partial charge is 0.354 e. The maximum Gasteiger partial charge on any atom is 0.147 e. The first-order valence-electron chi connectivity index (χ1n) is 5.85. The maximum atomic E-state index is 13.7. The van der Waals surface area contributed by atoms with E-state index in [1.54, 1.807) is 6.08 Å². The van der Waals surface area contributed by atoms with E-state index in [9.17, 15) is 4.39 Å². The fraction of sp³-hybridized carbons (Fsp3) is 0.667. The molecule has 1 aliphatic carbocycles. The van der Waals surface area contributed by atoms with E-state index in [0.29, 0.717) is 18.2 Å². The molecular weight excluding hydrogens is 264 g/mol. The van der Waals surface area contributed by atoms with Gasteiger partial charge in [0.25, 0.3) is 0 Å². The van der Waals surface area contributed by atoms with Gasteiger partial charge in [0.1, 0.15) is 17.6 Å². The fourth-order valence-electron chi connectivity index (χ4n) is 2.12. The van der Waals surface area contributed by atoms with Gasteiger partial charge < -0.3 is 10.1 Å². The second kappa shape index (κ2) is 6.07. The molecule has 1 N–H and O–H groups in total. The Balaban J connectivity index is 1.75. The molecule has 1 fully saturated rings. The lowest BCUT2D eigenvalue weighted by Gasteiger charge is -2.30. The van der Waals surface area contributed by atoms with Crippen LogP contribution < -0.4 is 5.32 Å². The van der Waals surface area contributed by atoms with Crippen molar-refractivity contribution in [2.75, 3.05) is 6.61 Å². The summed E-state index contributed by atoms with van der Waals surface area (Å²) < 4.78 is 19.3. The lowest BCUT2D eigenvalue weighted by atomic mass is 9.88. The summed E-state index contributed by atoms with van der Waals surface area (Å²) >= 11 is 11.7. The Morgan fingerprint density at radius 1 is 1.47 bits per heavy atom. The number of nitrogens with one attached hydrogen (secondary N) is 1. The Morgan fingerprint density at radius 2 is 2.29 bits per heavy atom. The Kier molecular flexibility index (Phi) is 4.71. The molecule has 4 atom stereocenters. The SMILES string of the molecule is FC1CC(Cl)CCC1COC1C=CC=C(Cl)N1. The van der Waals surface area contributed by atoms with Crippen LogP contribution in [0.25, 0.3) is 0 Å². The van der Waals surface area contributed by atoms with Crippen LogP contribution in [0, 0.1) is 5.92 Å². The lowest BCUT2D eigenvalue weighted by Crippen LogP contribution is -2.35. The summed E-state index contributed by atoms with van der Waals surface area (Å²) in [7, 11) is 0. The van der Waals surface area contributed by atoms with Crippen molar-refractivity contribution in [2.45, 2.75) is 37.0 Å². The number of rotatable bonds is 3. The van der Waals surface area contributed by atoms with Gasteiger partial charge in [-0.05, 0) is 31.4 Å². The molecule has 5 heteroatoms. The van der Waals surface area contributed by atoms with Crippen molar-refractivity contribution in [3.05, 3.63) is 23.4 Å². The van der Waals surface area contributed by atoms with Crippen LogP contribution in [0.4, 0.5) is 4.39 Å². The quantitative estimate of drug-likeness (QED) is 0.632. The number of hydrogen-bond acceptors (Lipinski definition) is 2. The van der Waals surface area contributed by atoms with Gasteiger partial charge in [0.05, 0.1) is 6.61 Å². The number of allylic oxidation sites excluding steroid dienone is 2. The molecule has 96 valence electrons. The highest BCUT2D eigenvalue weighted by Gasteiger charge is 2.30. The molecule has 17 heavy (non-hydrogen) atoms. The smallest absolute Gasteiger partial charge is 0.147 e. The summed E-state index contributed by atoms with van der Waals surface area (Å²) in [5, 5.41) is 3.47. The third kappa shape index (κ3) is 3.87. The van der Waals surface area contributed by atoms with Crippen molar-refractivity contribution in [1.82, 2.24) is 5.32 Å². The normalized spacial score (nSPS) is 37.5. The van der Waals surface area contributed by atoms with Crippen LogP contribution in [0.2, 0.25) is 0 Å². The minimum absolute atomic E-state index is 0.0219. The number of hydrogen-bond donors (Lipinski definition) is 1. The molecule has 1 saturated carbocycles. The molecular formula is C12H16Cl2FNO. The molecule has 2 rings (SSSR count). The Hall–Kier alpha value is -0.250. The highest BCUT2D eigenvalue weighted by molar-refractivity contribution is 6.29. The molecule has 2 nitrogen and oxygen atoms in total. The molecule has 0 aromatic heterocycles. The van der Waals surface area contributed by atoms with E-state index in [1.165, 1.54) is 0 Å². The number of dihydropyridines is 1. The average molecular weight is 280 g/mol. The summed E-state index contributed by atoms with van der Waals surface area (Å²) in [6, 6.07) is 0. The van der Waals surface area contributed by atoms with Crippen LogP contribution in [0.5, 0.6) is 0 Å². The predicted octanol–water partition coefficient (Wildman–Crippen LogP) is 3.31. The number of halogens is 3. The van der Waals surface area contributed by atoms with Crippen LogP contribution in [0.3, 0.4) is 0 Å². The fourth-order valence-corrected chi connectivity index (χ4v) is 2.59. The summed E-state index contributed by atoms with van der Waals surface area (Å²) in [5.41, 5.74) is 0. The van der Waals surface area contributed by atoms with E-state index in [1.807, 2.05) is 12.2 Å². The third-order valence-electron chi connectivity index (χ3n) is 3.14. The summed E-state index contributed by atoms with van der Waals surface area (Å²) in [4.78, 5) is 0. The van der Waals surface area contributed by atoms with Gasteiger partial charge in [0, 0.05) is 11.3 Å². The van der Waals surface area contributed by atoms with Crippen molar-refractivity contribution in [2.24, 2.45) is 5.92 Å². The van der Waals surface area contributed by atoms with Crippen LogP contribution >= 0.6 is 23.2 Å². The zero-order valence-electron chi connectivity index (χ0n) is 9.41. The monoisotopic (exact) mass is 279 g/mol. The van der Waals surface area contributed by atoms with Gasteiger partial charge in [-0.1, -0.05) is 17.7 Å². The average Bonchev–Trinajstić information content (AvgIpc) is 2.28. The Labute approximate surface area is 111 Å². The van der Waals surface area contributed by atoms with Gasteiger partial charge >= 0.3 is 0 Å². The minimum Gasteiger partial charge on any atom is -0.354 e. The molecule has 0 spiro atoms. The minimum atomic E-state index is -0.857. The molecule has 0 radical (unpaired) electrons. The molecule has 0 amide bonds. The molecule has 0 saturated heterocycles. The molecule has 0 aromatic carbocycles. The van der Waals surface area contributed by atoms with E-state index in [4.69, 9.17) is 27.9 Å². The topological polar surface area (TPSA) is 21.3 Å². The number of alkyl halides is 2. The van der Waals surface area contributed by atoms with Crippen molar-refractivity contribution in [3.8, 4) is 0 Å². The zero-order valence-corrected chi connectivity index (χ0v) is 10.9. The summed E-state index contributed by atoms with van der Waals surface area (Å²) in [6.45, 7) is 0.400. The van der Waals surface area contributed by atoms with Crippen LogP contribution in [-0.4, -0.2) is 24.4 Å². The Morgan fingerprint density at radius 3 is 3.00 bits per heavy atom. The van der Waals surface area contributed by atoms with Gasteiger partial charge in [-0.25, -0.2) is 4.39 Å². The van der Waals surface area contributed by atoms with Gasteiger partial charge in [-0.3, -0.25) is 0 Å². The molecule has 1 heterocycles. The first kappa shape index (κ1) is 13.2.